The maximum atomic E-state index is 13.0. The number of nitrogens with one attached hydrogen (secondary N) is 1. The van der Waals surface area contributed by atoms with Gasteiger partial charge in [0.05, 0.1) is 17.1 Å². The predicted molar refractivity (Wildman–Crippen MR) is 135 cm³/mol. The number of carbonyl (C=O) groups excluding carboxylic acids is 1. The van der Waals surface area contributed by atoms with Gasteiger partial charge in [0.15, 0.2) is 0 Å². The molecule has 0 aliphatic carbocycles. The van der Waals surface area contributed by atoms with Gasteiger partial charge in [-0.1, -0.05) is 46.3 Å². The van der Waals surface area contributed by atoms with Crippen LogP contribution in [0.5, 0.6) is 0 Å². The first kappa shape index (κ1) is 24.4. The molecule has 1 aromatic heterocycles. The van der Waals surface area contributed by atoms with Gasteiger partial charge in [-0.05, 0) is 49.6 Å². The lowest BCUT2D eigenvalue weighted by molar-refractivity contribution is -0.120. The average molecular weight is 547 g/mol. The van der Waals surface area contributed by atoms with Crippen molar-refractivity contribution in [2.45, 2.75) is 25.5 Å². The van der Waals surface area contributed by atoms with Crippen molar-refractivity contribution in [1.29, 1.82) is 0 Å². The molecule has 2 heterocycles. The summed E-state index contributed by atoms with van der Waals surface area (Å²) in [6.45, 7) is 2.33. The second kappa shape index (κ2) is 9.89. The number of halogens is 1. The van der Waals surface area contributed by atoms with Gasteiger partial charge >= 0.3 is 0 Å². The molecule has 34 heavy (non-hydrogen) atoms. The van der Waals surface area contributed by atoms with E-state index in [0.717, 1.165) is 4.47 Å². The third-order valence-electron chi connectivity index (χ3n) is 6.26. The smallest absolute Gasteiger partial charge is 0.295 e. The molecule has 1 N–H and O–H groups in total. The van der Waals surface area contributed by atoms with Crippen LogP contribution in [0.2, 0.25) is 0 Å². The molecule has 0 bridgehead atoms. The minimum absolute atomic E-state index is 0.0778. The molecule has 10 heteroatoms. The van der Waals surface area contributed by atoms with Crippen molar-refractivity contribution >= 4 is 37.5 Å². The third-order valence-corrected chi connectivity index (χ3v) is 8.60. The Hall–Kier alpha value is -2.69. The molecular formula is C24H27BrN4O4S. The van der Waals surface area contributed by atoms with E-state index in [9.17, 15) is 18.0 Å². The zero-order valence-electron chi connectivity index (χ0n) is 19.1. The molecule has 0 unspecified atom stereocenters. The number of carbonyl (C=O) groups is 1. The number of hydrogen-bond donors (Lipinski definition) is 1. The minimum Gasteiger partial charge on any atom is -0.320 e. The van der Waals surface area contributed by atoms with Crippen molar-refractivity contribution in [3.8, 4) is 5.69 Å². The number of benzene rings is 2. The third kappa shape index (κ3) is 5.03. The summed E-state index contributed by atoms with van der Waals surface area (Å²) in [7, 11) is -1.71. The molecule has 0 atom stereocenters. The molecule has 1 saturated heterocycles. The van der Waals surface area contributed by atoms with Crippen molar-refractivity contribution in [1.82, 2.24) is 13.7 Å². The van der Waals surface area contributed by atoms with E-state index >= 15 is 0 Å². The summed E-state index contributed by atoms with van der Waals surface area (Å²) in [6.07, 6.45) is 0.810. The molecule has 1 aliphatic rings. The molecule has 0 spiro atoms. The van der Waals surface area contributed by atoms with Crippen LogP contribution >= 0.6 is 15.9 Å². The predicted octanol–water partition coefficient (Wildman–Crippen LogP) is 3.43. The summed E-state index contributed by atoms with van der Waals surface area (Å²) in [6, 6.07) is 16.5. The van der Waals surface area contributed by atoms with Gasteiger partial charge in [0, 0.05) is 30.5 Å². The molecule has 8 nitrogen and oxygen atoms in total. The van der Waals surface area contributed by atoms with Crippen LogP contribution in [0.4, 0.5) is 5.69 Å². The van der Waals surface area contributed by atoms with Crippen LogP contribution in [0, 0.1) is 12.8 Å². The lowest BCUT2D eigenvalue weighted by Crippen LogP contribution is -2.42. The van der Waals surface area contributed by atoms with Gasteiger partial charge in [-0.3, -0.25) is 14.3 Å². The Balaban J connectivity index is 1.42. The van der Waals surface area contributed by atoms with Crippen LogP contribution in [0.25, 0.3) is 5.69 Å². The SMILES string of the molecule is Cc1c(NC(=O)C2CCN(S(=O)(=O)Cc3cccc(Br)c3)CC2)c(=O)n(-c2ccccc2)n1C. The topological polar surface area (TPSA) is 93.4 Å². The summed E-state index contributed by atoms with van der Waals surface area (Å²) in [5.74, 6) is -0.692. The molecule has 2 aromatic carbocycles. The molecule has 0 radical (unpaired) electrons. The van der Waals surface area contributed by atoms with Crippen LogP contribution in [-0.2, 0) is 27.6 Å². The van der Waals surface area contributed by atoms with Crippen molar-refractivity contribution in [3.63, 3.8) is 0 Å². The van der Waals surface area contributed by atoms with E-state index in [-0.39, 0.29) is 41.9 Å². The quantitative estimate of drug-likeness (QED) is 0.512. The Bertz CT molecular complexity index is 1360. The van der Waals surface area contributed by atoms with Crippen LogP contribution in [0.15, 0.2) is 63.9 Å². The number of para-hydroxylation sites is 1. The molecule has 0 saturated carbocycles. The number of sulfonamides is 1. The van der Waals surface area contributed by atoms with Crippen LogP contribution < -0.4 is 10.9 Å². The number of amides is 1. The Kier molecular flexibility index (Phi) is 7.11. The summed E-state index contributed by atoms with van der Waals surface area (Å²) >= 11 is 3.37. The normalized spacial score (nSPS) is 15.4. The number of hydrogen-bond acceptors (Lipinski definition) is 4. The number of anilines is 1. The van der Waals surface area contributed by atoms with E-state index in [1.54, 1.807) is 30.8 Å². The van der Waals surface area contributed by atoms with E-state index in [1.807, 2.05) is 42.5 Å². The van der Waals surface area contributed by atoms with Gasteiger partial charge in [-0.15, -0.1) is 0 Å². The zero-order valence-corrected chi connectivity index (χ0v) is 21.5. The van der Waals surface area contributed by atoms with Crippen LogP contribution in [-0.4, -0.2) is 41.1 Å². The molecule has 3 aromatic rings. The fourth-order valence-electron chi connectivity index (χ4n) is 4.26. The van der Waals surface area contributed by atoms with E-state index in [4.69, 9.17) is 0 Å². The van der Waals surface area contributed by atoms with Crippen molar-refractivity contribution in [3.05, 3.63) is 80.7 Å². The van der Waals surface area contributed by atoms with Crippen molar-refractivity contribution in [2.24, 2.45) is 13.0 Å². The standard InChI is InChI=1S/C24H27BrN4O4S/c1-17-22(24(31)29(27(17)2)21-9-4-3-5-10-21)26-23(30)19-11-13-28(14-12-19)34(32,33)16-18-7-6-8-20(25)15-18/h3-10,15,19H,11-14,16H2,1-2H3,(H,26,30). The van der Waals surface area contributed by atoms with Gasteiger partial charge in [0.1, 0.15) is 5.69 Å². The lowest BCUT2D eigenvalue weighted by atomic mass is 9.97. The molecular weight excluding hydrogens is 520 g/mol. The second-order valence-corrected chi connectivity index (χ2v) is 11.4. The first-order valence-electron chi connectivity index (χ1n) is 11.0. The van der Waals surface area contributed by atoms with E-state index < -0.39 is 10.0 Å². The first-order chi connectivity index (χ1) is 16.2. The Labute approximate surface area is 207 Å². The fraction of sp³-hybridized carbons (Fsp3) is 0.333. The summed E-state index contributed by atoms with van der Waals surface area (Å²) in [5, 5.41) is 2.81. The van der Waals surface area contributed by atoms with Crippen LogP contribution in [0.1, 0.15) is 24.1 Å². The van der Waals surface area contributed by atoms with Gasteiger partial charge in [-0.2, -0.15) is 0 Å². The number of nitrogens with zero attached hydrogens (tertiary/aromatic N) is 3. The highest BCUT2D eigenvalue weighted by Gasteiger charge is 2.32. The van der Waals surface area contributed by atoms with Crippen LogP contribution in [0.3, 0.4) is 0 Å². The van der Waals surface area contributed by atoms with Gasteiger partial charge in [-0.25, -0.2) is 17.4 Å². The monoisotopic (exact) mass is 546 g/mol. The maximum absolute atomic E-state index is 13.0. The second-order valence-electron chi connectivity index (χ2n) is 8.49. The average Bonchev–Trinajstić information content (AvgIpc) is 3.02. The molecule has 1 amide bonds. The van der Waals surface area contributed by atoms with E-state index in [1.165, 1.54) is 8.99 Å². The van der Waals surface area contributed by atoms with E-state index in [0.29, 0.717) is 29.8 Å². The highest BCUT2D eigenvalue weighted by Crippen LogP contribution is 2.24. The minimum atomic E-state index is -3.48. The van der Waals surface area contributed by atoms with Gasteiger partial charge in [0.2, 0.25) is 15.9 Å². The van der Waals surface area contributed by atoms with Gasteiger partial charge in [0.25, 0.3) is 5.56 Å². The van der Waals surface area contributed by atoms with E-state index in [2.05, 4.69) is 21.2 Å². The first-order valence-corrected chi connectivity index (χ1v) is 13.4. The molecule has 4 rings (SSSR count). The fourth-order valence-corrected chi connectivity index (χ4v) is 6.26. The summed E-state index contributed by atoms with van der Waals surface area (Å²) in [5.41, 5.74) is 2.02. The van der Waals surface area contributed by atoms with Crippen molar-refractivity contribution < 1.29 is 13.2 Å². The highest BCUT2D eigenvalue weighted by molar-refractivity contribution is 9.10. The largest absolute Gasteiger partial charge is 0.320 e. The number of rotatable bonds is 6. The van der Waals surface area contributed by atoms with Crippen molar-refractivity contribution in [2.75, 3.05) is 18.4 Å². The highest BCUT2D eigenvalue weighted by atomic mass is 79.9. The Morgan fingerprint density at radius 2 is 1.76 bits per heavy atom. The molecule has 1 fully saturated rings. The van der Waals surface area contributed by atoms with Gasteiger partial charge < -0.3 is 5.32 Å². The zero-order chi connectivity index (χ0) is 24.5. The molecule has 1 aliphatic heterocycles. The maximum Gasteiger partial charge on any atom is 0.295 e. The summed E-state index contributed by atoms with van der Waals surface area (Å²) in [4.78, 5) is 26.0. The number of aromatic nitrogens is 2. The molecule has 180 valence electrons. The lowest BCUT2D eigenvalue weighted by Gasteiger charge is -2.30. The Morgan fingerprint density at radius 3 is 2.41 bits per heavy atom. The summed E-state index contributed by atoms with van der Waals surface area (Å²) < 4.78 is 31.2. The number of piperidine rings is 1. The Morgan fingerprint density at radius 1 is 1.09 bits per heavy atom.